The Labute approximate surface area is 253 Å². The molecular weight excluding hydrogens is 563 g/mol. The lowest BCUT2D eigenvalue weighted by Crippen LogP contribution is -2.03. The van der Waals surface area contributed by atoms with Crippen LogP contribution in [0.25, 0.3) is 90.3 Å². The van der Waals surface area contributed by atoms with Crippen molar-refractivity contribution >= 4 is 95.7 Å². The summed E-state index contributed by atoms with van der Waals surface area (Å²) in [6.45, 7) is 0. The maximum absolute atomic E-state index is 5.38. The number of thiophene rings is 2. The van der Waals surface area contributed by atoms with Gasteiger partial charge in [-0.3, -0.25) is 4.57 Å². The van der Waals surface area contributed by atoms with Crippen LogP contribution in [0.5, 0.6) is 0 Å². The standard InChI is InChI=1S/C38H21N3S2/c1-2-10-23-21-24(18-17-22(23)9-1)33-27-12-3-6-14-30(27)39-38(40-33)41-31-15-7-4-11-25(31)26-19-20-29-35(34(26)41)43-36-28-13-5-8-16-32(28)42-37(29)36/h1-21H. The maximum Gasteiger partial charge on any atom is 0.235 e. The molecule has 6 aromatic carbocycles. The number of fused-ring (bicyclic) bond motifs is 11. The molecule has 10 rings (SSSR count). The predicted molar refractivity (Wildman–Crippen MR) is 185 cm³/mol. The minimum atomic E-state index is 0.696. The van der Waals surface area contributed by atoms with Crippen LogP contribution >= 0.6 is 22.7 Å². The largest absolute Gasteiger partial charge is 0.276 e. The Hall–Kier alpha value is -5.10. The molecule has 0 bridgehead atoms. The quantitative estimate of drug-likeness (QED) is 0.203. The molecule has 0 amide bonds. The van der Waals surface area contributed by atoms with Gasteiger partial charge in [0.05, 0.1) is 36.3 Å². The zero-order valence-electron chi connectivity index (χ0n) is 22.8. The molecule has 3 nitrogen and oxygen atoms in total. The van der Waals surface area contributed by atoms with Crippen LogP contribution in [0.1, 0.15) is 0 Å². The van der Waals surface area contributed by atoms with Crippen molar-refractivity contribution in [3.63, 3.8) is 0 Å². The lowest BCUT2D eigenvalue weighted by Gasteiger charge is -2.12. The summed E-state index contributed by atoms with van der Waals surface area (Å²) in [4.78, 5) is 10.6. The average Bonchev–Trinajstić information content (AvgIpc) is 3.72. The Kier molecular flexibility index (Phi) is 4.75. The van der Waals surface area contributed by atoms with Gasteiger partial charge < -0.3 is 0 Å². The molecular formula is C38H21N3S2. The van der Waals surface area contributed by atoms with Gasteiger partial charge in [-0.1, -0.05) is 103 Å². The summed E-state index contributed by atoms with van der Waals surface area (Å²) in [7, 11) is 0. The highest BCUT2D eigenvalue weighted by molar-refractivity contribution is 7.37. The van der Waals surface area contributed by atoms with E-state index in [0.717, 1.165) is 27.7 Å². The summed E-state index contributed by atoms with van der Waals surface area (Å²) in [5, 5.41) is 8.55. The van der Waals surface area contributed by atoms with E-state index in [-0.39, 0.29) is 0 Å². The zero-order valence-corrected chi connectivity index (χ0v) is 24.4. The Balaban J connectivity index is 1.34. The van der Waals surface area contributed by atoms with Crippen LogP contribution in [0.2, 0.25) is 0 Å². The molecule has 0 saturated carbocycles. The lowest BCUT2D eigenvalue weighted by atomic mass is 10.0. The smallest absolute Gasteiger partial charge is 0.235 e. The van der Waals surface area contributed by atoms with Crippen molar-refractivity contribution in [3.8, 4) is 17.2 Å². The number of hydrogen-bond acceptors (Lipinski definition) is 4. The maximum atomic E-state index is 5.38. The summed E-state index contributed by atoms with van der Waals surface area (Å²) < 4.78 is 7.63. The van der Waals surface area contributed by atoms with Gasteiger partial charge in [-0.2, -0.15) is 0 Å². The van der Waals surface area contributed by atoms with Crippen molar-refractivity contribution < 1.29 is 0 Å². The van der Waals surface area contributed by atoms with E-state index < -0.39 is 0 Å². The van der Waals surface area contributed by atoms with Gasteiger partial charge >= 0.3 is 0 Å². The number of hydrogen-bond donors (Lipinski definition) is 0. The number of aromatic nitrogens is 3. The molecule has 0 aliphatic carbocycles. The summed E-state index contributed by atoms with van der Waals surface area (Å²) in [5.74, 6) is 0.696. The van der Waals surface area contributed by atoms with E-state index >= 15 is 0 Å². The SMILES string of the molecule is c1ccc2cc(-c3nc(-n4c5ccccc5c5ccc6c7sc8ccccc8c7sc6c54)nc4ccccc34)ccc2c1. The second-order valence-electron chi connectivity index (χ2n) is 11.0. The molecule has 4 heterocycles. The van der Waals surface area contributed by atoms with Crippen LogP contribution in [-0.2, 0) is 0 Å². The molecule has 0 unspecified atom stereocenters. The van der Waals surface area contributed by atoms with Crippen LogP contribution in [0, 0.1) is 0 Å². The van der Waals surface area contributed by atoms with Gasteiger partial charge in [0, 0.05) is 37.2 Å². The van der Waals surface area contributed by atoms with Crippen LogP contribution in [0.15, 0.2) is 127 Å². The van der Waals surface area contributed by atoms with Gasteiger partial charge in [0.2, 0.25) is 5.95 Å². The molecule has 0 N–H and O–H groups in total. The van der Waals surface area contributed by atoms with Crippen molar-refractivity contribution in [2.24, 2.45) is 0 Å². The second kappa shape index (κ2) is 8.71. The van der Waals surface area contributed by atoms with E-state index in [0.29, 0.717) is 5.95 Å². The van der Waals surface area contributed by atoms with Gasteiger partial charge in [0.15, 0.2) is 0 Å². The first kappa shape index (κ1) is 23.5. The van der Waals surface area contributed by atoms with E-state index in [1.165, 1.54) is 56.6 Å². The second-order valence-corrected chi connectivity index (χ2v) is 13.1. The van der Waals surface area contributed by atoms with Crippen molar-refractivity contribution in [3.05, 3.63) is 127 Å². The third kappa shape index (κ3) is 3.29. The molecule has 5 heteroatoms. The first-order valence-electron chi connectivity index (χ1n) is 14.3. The summed E-state index contributed by atoms with van der Waals surface area (Å²) in [6, 6.07) is 45.5. The molecule has 0 aliphatic rings. The fourth-order valence-corrected chi connectivity index (χ4v) is 9.42. The molecule has 0 fully saturated rings. The van der Waals surface area contributed by atoms with Gasteiger partial charge in [0.25, 0.3) is 0 Å². The molecule has 0 radical (unpaired) electrons. The summed E-state index contributed by atoms with van der Waals surface area (Å²) >= 11 is 3.78. The van der Waals surface area contributed by atoms with Gasteiger partial charge in [-0.05, 0) is 35.0 Å². The van der Waals surface area contributed by atoms with Crippen molar-refractivity contribution in [1.29, 1.82) is 0 Å². The van der Waals surface area contributed by atoms with Crippen LogP contribution in [0.4, 0.5) is 0 Å². The zero-order chi connectivity index (χ0) is 28.1. The van der Waals surface area contributed by atoms with Gasteiger partial charge in [-0.15, -0.1) is 22.7 Å². The monoisotopic (exact) mass is 583 g/mol. The third-order valence-electron chi connectivity index (χ3n) is 8.60. The normalized spacial score (nSPS) is 12.2. The van der Waals surface area contributed by atoms with E-state index in [2.05, 4.69) is 132 Å². The highest BCUT2D eigenvalue weighted by Crippen LogP contribution is 2.48. The number of nitrogens with zero attached hydrogens (tertiary/aromatic N) is 3. The van der Waals surface area contributed by atoms with Gasteiger partial charge in [0.1, 0.15) is 0 Å². The number of benzene rings is 6. The number of para-hydroxylation sites is 2. The van der Waals surface area contributed by atoms with E-state index in [9.17, 15) is 0 Å². The Morgan fingerprint density at radius 1 is 0.488 bits per heavy atom. The summed E-state index contributed by atoms with van der Waals surface area (Å²) in [5.41, 5.74) is 5.27. The topological polar surface area (TPSA) is 30.7 Å². The fourth-order valence-electron chi connectivity index (χ4n) is 6.64. The van der Waals surface area contributed by atoms with Crippen molar-refractivity contribution in [2.75, 3.05) is 0 Å². The molecule has 10 aromatic rings. The van der Waals surface area contributed by atoms with Gasteiger partial charge in [-0.25, -0.2) is 9.97 Å². The minimum absolute atomic E-state index is 0.696. The highest BCUT2D eigenvalue weighted by atomic mass is 32.1. The molecule has 200 valence electrons. The summed E-state index contributed by atoms with van der Waals surface area (Å²) in [6.07, 6.45) is 0. The van der Waals surface area contributed by atoms with E-state index in [1.807, 2.05) is 22.7 Å². The first-order valence-corrected chi connectivity index (χ1v) is 16.0. The van der Waals surface area contributed by atoms with E-state index in [1.54, 1.807) is 0 Å². The van der Waals surface area contributed by atoms with E-state index in [4.69, 9.17) is 9.97 Å². The Morgan fingerprint density at radius 3 is 2.14 bits per heavy atom. The minimum Gasteiger partial charge on any atom is -0.276 e. The molecule has 0 saturated heterocycles. The molecule has 0 spiro atoms. The molecule has 43 heavy (non-hydrogen) atoms. The Bertz CT molecular complexity index is 2750. The molecule has 0 aliphatic heterocycles. The molecule has 0 atom stereocenters. The number of rotatable bonds is 2. The Morgan fingerprint density at radius 2 is 1.21 bits per heavy atom. The lowest BCUT2D eigenvalue weighted by molar-refractivity contribution is 1.02. The average molecular weight is 584 g/mol. The predicted octanol–water partition coefficient (Wildman–Crippen LogP) is 11.1. The third-order valence-corrected chi connectivity index (χ3v) is 11.2. The van der Waals surface area contributed by atoms with Crippen LogP contribution in [0.3, 0.4) is 0 Å². The van der Waals surface area contributed by atoms with Crippen molar-refractivity contribution in [1.82, 2.24) is 14.5 Å². The van der Waals surface area contributed by atoms with Crippen LogP contribution in [-0.4, -0.2) is 14.5 Å². The van der Waals surface area contributed by atoms with Crippen molar-refractivity contribution in [2.45, 2.75) is 0 Å². The van der Waals surface area contributed by atoms with Crippen LogP contribution < -0.4 is 0 Å². The fraction of sp³-hybridized carbons (Fsp3) is 0. The highest BCUT2D eigenvalue weighted by Gasteiger charge is 2.22. The first-order chi connectivity index (χ1) is 21.3. The molecule has 4 aromatic heterocycles.